The number of aryl methyl sites for hydroxylation is 1. The Morgan fingerprint density at radius 2 is 1.97 bits per heavy atom. The van der Waals surface area contributed by atoms with Gasteiger partial charge in [0.15, 0.2) is 15.0 Å². The van der Waals surface area contributed by atoms with Gasteiger partial charge in [0.1, 0.15) is 0 Å². The van der Waals surface area contributed by atoms with Gasteiger partial charge in [0.25, 0.3) is 0 Å². The van der Waals surface area contributed by atoms with Crippen molar-refractivity contribution >= 4 is 55.5 Å². The van der Waals surface area contributed by atoms with Crippen molar-refractivity contribution in [2.24, 2.45) is 0 Å². The van der Waals surface area contributed by atoms with Crippen LogP contribution in [0.5, 0.6) is 0 Å². The van der Waals surface area contributed by atoms with Crippen LogP contribution in [0.15, 0.2) is 42.2 Å². The number of anilines is 1. The number of aromatic nitrogens is 3. The average Bonchev–Trinajstić information content (AvgIpc) is 3.14. The van der Waals surface area contributed by atoms with Gasteiger partial charge in [0.05, 0.1) is 32.9 Å². The number of carbonyl (C=O) groups is 1. The molecule has 2 aromatic heterocycles. The van der Waals surface area contributed by atoms with Crippen molar-refractivity contribution in [3.63, 3.8) is 0 Å². The number of nitrogens with one attached hydrogen (secondary N) is 2. The number of amides is 2. The lowest BCUT2D eigenvalue weighted by Crippen LogP contribution is -2.28. The number of halogens is 2. The lowest BCUT2D eigenvalue weighted by molar-refractivity contribution is 0.251. The van der Waals surface area contributed by atoms with Gasteiger partial charge in [-0.25, -0.2) is 18.2 Å². The lowest BCUT2D eigenvalue weighted by atomic mass is 10.2. The number of hydrogen-bond acceptors (Lipinski definition) is 7. The van der Waals surface area contributed by atoms with Crippen LogP contribution < -0.4 is 10.6 Å². The minimum absolute atomic E-state index is 0.0594. The van der Waals surface area contributed by atoms with E-state index < -0.39 is 15.9 Å². The molecule has 12 heteroatoms. The van der Waals surface area contributed by atoms with Crippen molar-refractivity contribution in [3.05, 3.63) is 69.2 Å². The normalized spacial score (nSPS) is 11.3. The van der Waals surface area contributed by atoms with E-state index in [0.29, 0.717) is 26.6 Å². The van der Waals surface area contributed by atoms with E-state index in [1.54, 1.807) is 23.6 Å². The largest absolute Gasteiger partial charge is 0.334 e. The van der Waals surface area contributed by atoms with Crippen molar-refractivity contribution in [2.45, 2.75) is 18.7 Å². The van der Waals surface area contributed by atoms with Gasteiger partial charge < -0.3 is 5.32 Å². The molecule has 3 rings (SSSR count). The fourth-order valence-electron chi connectivity index (χ4n) is 2.42. The van der Waals surface area contributed by atoms with Gasteiger partial charge in [0, 0.05) is 36.9 Å². The van der Waals surface area contributed by atoms with Gasteiger partial charge in [-0.05, 0) is 17.7 Å². The molecule has 0 aliphatic carbocycles. The molecule has 8 nitrogen and oxygen atoms in total. The van der Waals surface area contributed by atoms with Crippen LogP contribution in [0, 0.1) is 0 Å². The van der Waals surface area contributed by atoms with Gasteiger partial charge in [0.2, 0.25) is 0 Å². The quantitative estimate of drug-likeness (QED) is 0.502. The van der Waals surface area contributed by atoms with E-state index >= 15 is 0 Å². The van der Waals surface area contributed by atoms with Crippen LogP contribution >= 0.6 is 34.5 Å². The second-order valence-corrected chi connectivity index (χ2v) is 10.1. The summed E-state index contributed by atoms with van der Waals surface area (Å²) < 4.78 is 24.6. The first-order chi connectivity index (χ1) is 14.3. The first-order valence-corrected chi connectivity index (χ1v) is 12.1. The van der Waals surface area contributed by atoms with Crippen LogP contribution in [0.2, 0.25) is 10.0 Å². The van der Waals surface area contributed by atoms with Crippen LogP contribution in [-0.4, -0.2) is 35.2 Å². The van der Waals surface area contributed by atoms with Gasteiger partial charge in [-0.1, -0.05) is 29.3 Å². The van der Waals surface area contributed by atoms with Gasteiger partial charge >= 0.3 is 6.03 Å². The first-order valence-electron chi connectivity index (χ1n) is 8.69. The number of sulfone groups is 1. The van der Waals surface area contributed by atoms with E-state index in [-0.39, 0.29) is 24.5 Å². The zero-order chi connectivity index (χ0) is 21.6. The topological polar surface area (TPSA) is 114 Å². The average molecular weight is 486 g/mol. The number of thiazole rings is 1. The molecule has 2 amide bonds. The Labute approximate surface area is 187 Å². The SMILES string of the molecule is O=C(NCc1ccc(Cl)c(Cl)c1)Nc1nc(CS(=O)(=O)CCc2cnccn2)cs1. The number of urea groups is 1. The lowest BCUT2D eigenvalue weighted by Gasteiger charge is -2.06. The van der Waals surface area contributed by atoms with Crippen LogP contribution in [0.3, 0.4) is 0 Å². The highest BCUT2D eigenvalue weighted by Crippen LogP contribution is 2.22. The summed E-state index contributed by atoms with van der Waals surface area (Å²) in [7, 11) is -3.38. The summed E-state index contributed by atoms with van der Waals surface area (Å²) in [6, 6.07) is 4.60. The van der Waals surface area contributed by atoms with Crippen molar-refractivity contribution in [1.29, 1.82) is 0 Å². The molecule has 30 heavy (non-hydrogen) atoms. The van der Waals surface area contributed by atoms with Crippen molar-refractivity contribution in [2.75, 3.05) is 11.1 Å². The van der Waals surface area contributed by atoms with Crippen LogP contribution in [-0.2, 0) is 28.6 Å². The summed E-state index contributed by atoms with van der Waals surface area (Å²) in [5, 5.41) is 8.01. The van der Waals surface area contributed by atoms with E-state index in [2.05, 4.69) is 25.6 Å². The Hall–Kier alpha value is -2.27. The maximum Gasteiger partial charge on any atom is 0.321 e. The third-order valence-electron chi connectivity index (χ3n) is 3.86. The summed E-state index contributed by atoms with van der Waals surface area (Å²) in [5.74, 6) is -0.271. The second kappa shape index (κ2) is 10.2. The number of rotatable bonds is 8. The van der Waals surface area contributed by atoms with Crippen molar-refractivity contribution in [1.82, 2.24) is 20.3 Å². The molecule has 0 saturated heterocycles. The van der Waals surface area contributed by atoms with Crippen LogP contribution in [0.25, 0.3) is 0 Å². The summed E-state index contributed by atoms with van der Waals surface area (Å²) in [4.78, 5) is 24.2. The number of nitrogens with zero attached hydrogens (tertiary/aromatic N) is 3. The Morgan fingerprint density at radius 1 is 1.13 bits per heavy atom. The molecule has 0 radical (unpaired) electrons. The molecule has 0 unspecified atom stereocenters. The molecule has 2 heterocycles. The monoisotopic (exact) mass is 485 g/mol. The van der Waals surface area contributed by atoms with Gasteiger partial charge in [-0.15, -0.1) is 11.3 Å². The Balaban J connectivity index is 1.49. The Morgan fingerprint density at radius 3 is 2.70 bits per heavy atom. The maximum atomic E-state index is 12.3. The summed E-state index contributed by atoms with van der Waals surface area (Å²) >= 11 is 13.0. The Kier molecular flexibility index (Phi) is 7.59. The zero-order valence-corrected chi connectivity index (χ0v) is 18.7. The molecule has 0 fully saturated rings. The van der Waals surface area contributed by atoms with E-state index in [0.717, 1.165) is 16.9 Å². The van der Waals surface area contributed by atoms with Crippen LogP contribution in [0.4, 0.5) is 9.93 Å². The highest BCUT2D eigenvalue weighted by molar-refractivity contribution is 7.90. The summed E-state index contributed by atoms with van der Waals surface area (Å²) in [6.45, 7) is 0.248. The zero-order valence-electron chi connectivity index (χ0n) is 15.5. The third-order valence-corrected chi connectivity index (χ3v) is 6.97. The molecule has 158 valence electrons. The number of benzene rings is 1. The molecule has 0 aliphatic heterocycles. The standard InChI is InChI=1S/C18H17Cl2N5O3S2/c19-15-2-1-12(7-16(15)20)8-23-17(26)25-18-24-14(10-29-18)11-30(27,28)6-3-13-9-21-4-5-22-13/h1-2,4-5,7,9-10H,3,6,8,11H2,(H2,23,24,25,26). The van der Waals surface area contributed by atoms with Gasteiger partial charge in [-0.3, -0.25) is 15.3 Å². The summed E-state index contributed by atoms with van der Waals surface area (Å²) in [6.07, 6.45) is 4.87. The van der Waals surface area contributed by atoms with Crippen molar-refractivity contribution < 1.29 is 13.2 Å². The van der Waals surface area contributed by atoms with Gasteiger partial charge in [-0.2, -0.15) is 0 Å². The first kappa shape index (κ1) is 22.4. The third kappa shape index (κ3) is 6.91. The molecular weight excluding hydrogens is 469 g/mol. The van der Waals surface area contributed by atoms with Crippen LogP contribution in [0.1, 0.15) is 17.0 Å². The van der Waals surface area contributed by atoms with E-state index in [4.69, 9.17) is 23.2 Å². The molecule has 1 aromatic carbocycles. The summed E-state index contributed by atoms with van der Waals surface area (Å²) in [5.41, 5.74) is 1.77. The van der Waals surface area contributed by atoms with E-state index in [1.165, 1.54) is 18.6 Å². The predicted octanol–water partition coefficient (Wildman–Crippen LogP) is 3.72. The molecule has 0 atom stereocenters. The number of carbonyl (C=O) groups excluding carboxylic acids is 1. The highest BCUT2D eigenvalue weighted by Gasteiger charge is 2.16. The highest BCUT2D eigenvalue weighted by atomic mass is 35.5. The predicted molar refractivity (Wildman–Crippen MR) is 118 cm³/mol. The fraction of sp³-hybridized carbons (Fsp3) is 0.222. The molecular formula is C18H17Cl2N5O3S2. The molecule has 0 spiro atoms. The maximum absolute atomic E-state index is 12.3. The number of hydrogen-bond donors (Lipinski definition) is 2. The molecule has 0 aliphatic rings. The second-order valence-electron chi connectivity index (χ2n) is 6.24. The van der Waals surface area contributed by atoms with E-state index in [9.17, 15) is 13.2 Å². The Bertz CT molecular complexity index is 1120. The minimum Gasteiger partial charge on any atom is -0.334 e. The molecule has 2 N–H and O–H groups in total. The smallest absolute Gasteiger partial charge is 0.321 e. The minimum atomic E-state index is -3.38. The van der Waals surface area contributed by atoms with Crippen molar-refractivity contribution in [3.8, 4) is 0 Å². The molecule has 3 aromatic rings. The van der Waals surface area contributed by atoms with E-state index in [1.807, 2.05) is 0 Å². The fourth-order valence-corrected chi connectivity index (χ4v) is 4.82. The molecule has 0 bridgehead atoms. The molecule has 0 saturated carbocycles.